The number of halogens is 4. The standard InChI is InChI=1S/C15H17ClF3N3O2/c16-12-8-13(14(22(23)24)7-11(12)15(17,18)19)21-5-3-10(4-6-21)20-9-1-2-9/h7-10,20H,1-6H2. The molecule has 24 heavy (non-hydrogen) atoms. The van der Waals surface area contributed by atoms with Crippen LogP contribution in [-0.2, 0) is 6.18 Å². The van der Waals surface area contributed by atoms with Crippen molar-refractivity contribution >= 4 is 23.0 Å². The zero-order valence-electron chi connectivity index (χ0n) is 12.8. The fourth-order valence-electron chi connectivity index (χ4n) is 3.04. The van der Waals surface area contributed by atoms with E-state index in [2.05, 4.69) is 5.32 Å². The van der Waals surface area contributed by atoms with Crippen molar-refractivity contribution in [2.75, 3.05) is 18.0 Å². The van der Waals surface area contributed by atoms with E-state index in [1.54, 1.807) is 4.90 Å². The van der Waals surface area contributed by atoms with Crippen molar-refractivity contribution in [3.05, 3.63) is 32.8 Å². The SMILES string of the molecule is O=[N+]([O-])c1cc(C(F)(F)F)c(Cl)cc1N1CCC(NC2CC2)CC1. The minimum Gasteiger partial charge on any atom is -0.366 e. The molecule has 5 nitrogen and oxygen atoms in total. The lowest BCUT2D eigenvalue weighted by Crippen LogP contribution is -2.43. The second-order valence-electron chi connectivity index (χ2n) is 6.28. The van der Waals surface area contributed by atoms with Crippen molar-refractivity contribution in [3.8, 4) is 0 Å². The average Bonchev–Trinajstić information content (AvgIpc) is 3.30. The third kappa shape index (κ3) is 3.75. The Hall–Kier alpha value is -1.54. The van der Waals surface area contributed by atoms with Crippen LogP contribution in [0.25, 0.3) is 0 Å². The number of nitrogens with zero attached hydrogens (tertiary/aromatic N) is 2. The molecule has 9 heteroatoms. The topological polar surface area (TPSA) is 58.4 Å². The molecule has 1 heterocycles. The van der Waals surface area contributed by atoms with Gasteiger partial charge in [-0.2, -0.15) is 13.2 Å². The molecule has 0 radical (unpaired) electrons. The van der Waals surface area contributed by atoms with Crippen LogP contribution in [0.1, 0.15) is 31.2 Å². The van der Waals surface area contributed by atoms with Crippen LogP contribution >= 0.6 is 11.6 Å². The number of nitro groups is 1. The third-order valence-corrected chi connectivity index (χ3v) is 4.76. The van der Waals surface area contributed by atoms with Gasteiger partial charge in [0, 0.05) is 31.2 Å². The number of hydrogen-bond donors (Lipinski definition) is 1. The highest BCUT2D eigenvalue weighted by Crippen LogP contribution is 2.42. The summed E-state index contributed by atoms with van der Waals surface area (Å²) in [5, 5.41) is 14.2. The van der Waals surface area contributed by atoms with Gasteiger partial charge < -0.3 is 10.2 Å². The molecule has 1 aliphatic heterocycles. The minimum atomic E-state index is -4.72. The summed E-state index contributed by atoms with van der Waals surface area (Å²) < 4.78 is 38.7. The van der Waals surface area contributed by atoms with E-state index < -0.39 is 27.4 Å². The summed E-state index contributed by atoms with van der Waals surface area (Å²) in [6, 6.07) is 2.54. The van der Waals surface area contributed by atoms with Crippen LogP contribution in [0.2, 0.25) is 5.02 Å². The summed E-state index contributed by atoms with van der Waals surface area (Å²) >= 11 is 5.73. The first kappa shape index (κ1) is 17.3. The molecule has 0 atom stereocenters. The molecule has 2 aliphatic rings. The summed E-state index contributed by atoms with van der Waals surface area (Å²) in [4.78, 5) is 12.2. The molecule has 1 aromatic carbocycles. The molecule has 1 N–H and O–H groups in total. The summed E-state index contributed by atoms with van der Waals surface area (Å²) in [6.07, 6.45) is -0.763. The van der Waals surface area contributed by atoms with Crippen LogP contribution < -0.4 is 10.2 Å². The van der Waals surface area contributed by atoms with Gasteiger partial charge >= 0.3 is 6.18 Å². The summed E-state index contributed by atoms with van der Waals surface area (Å²) in [7, 11) is 0. The summed E-state index contributed by atoms with van der Waals surface area (Å²) in [5.74, 6) is 0. The highest BCUT2D eigenvalue weighted by Gasteiger charge is 2.37. The smallest absolute Gasteiger partial charge is 0.366 e. The highest BCUT2D eigenvalue weighted by molar-refractivity contribution is 6.31. The molecule has 1 aliphatic carbocycles. The Morgan fingerprint density at radius 3 is 2.25 bits per heavy atom. The van der Waals surface area contributed by atoms with Gasteiger partial charge in [-0.25, -0.2) is 0 Å². The van der Waals surface area contributed by atoms with Gasteiger partial charge in [-0.3, -0.25) is 10.1 Å². The Morgan fingerprint density at radius 2 is 1.75 bits per heavy atom. The summed E-state index contributed by atoms with van der Waals surface area (Å²) in [6.45, 7) is 1.10. The van der Waals surface area contributed by atoms with Gasteiger partial charge in [-0.1, -0.05) is 11.6 Å². The average molecular weight is 364 g/mol. The lowest BCUT2D eigenvalue weighted by atomic mass is 10.0. The van der Waals surface area contributed by atoms with E-state index >= 15 is 0 Å². The number of nitro benzene ring substituents is 1. The van der Waals surface area contributed by atoms with Gasteiger partial charge in [0.2, 0.25) is 0 Å². The highest BCUT2D eigenvalue weighted by atomic mass is 35.5. The van der Waals surface area contributed by atoms with Crippen molar-refractivity contribution in [3.63, 3.8) is 0 Å². The Labute approximate surface area is 141 Å². The van der Waals surface area contributed by atoms with E-state index in [4.69, 9.17) is 11.6 Å². The van der Waals surface area contributed by atoms with Crippen LogP contribution in [0.5, 0.6) is 0 Å². The molecule has 1 saturated carbocycles. The first-order valence-electron chi connectivity index (χ1n) is 7.82. The lowest BCUT2D eigenvalue weighted by Gasteiger charge is -2.34. The van der Waals surface area contributed by atoms with E-state index in [-0.39, 0.29) is 5.69 Å². The fourth-order valence-corrected chi connectivity index (χ4v) is 3.30. The van der Waals surface area contributed by atoms with Gasteiger partial charge in [0.05, 0.1) is 15.5 Å². The van der Waals surface area contributed by atoms with Crippen molar-refractivity contribution in [2.45, 2.75) is 43.9 Å². The van der Waals surface area contributed by atoms with E-state index in [1.807, 2.05) is 0 Å². The van der Waals surface area contributed by atoms with E-state index in [1.165, 1.54) is 12.8 Å². The number of nitrogens with one attached hydrogen (secondary N) is 1. The number of hydrogen-bond acceptors (Lipinski definition) is 4. The number of piperidine rings is 1. The molecule has 0 amide bonds. The number of rotatable bonds is 4. The van der Waals surface area contributed by atoms with Crippen LogP contribution in [-0.4, -0.2) is 30.1 Å². The monoisotopic (exact) mass is 363 g/mol. The zero-order chi connectivity index (χ0) is 17.5. The molecule has 0 spiro atoms. The van der Waals surface area contributed by atoms with Crippen LogP contribution in [0.15, 0.2) is 12.1 Å². The molecule has 1 saturated heterocycles. The Balaban J connectivity index is 1.82. The van der Waals surface area contributed by atoms with Crippen molar-refractivity contribution in [1.29, 1.82) is 0 Å². The Kier molecular flexibility index (Phi) is 4.61. The second-order valence-corrected chi connectivity index (χ2v) is 6.69. The quantitative estimate of drug-likeness (QED) is 0.649. The molecule has 132 valence electrons. The molecule has 1 aromatic rings. The fraction of sp³-hybridized carbons (Fsp3) is 0.600. The van der Waals surface area contributed by atoms with Crippen molar-refractivity contribution in [1.82, 2.24) is 5.32 Å². The zero-order valence-corrected chi connectivity index (χ0v) is 13.5. The Bertz CT molecular complexity index is 642. The normalized spacial score (nSPS) is 19.6. The molecule has 0 bridgehead atoms. The maximum Gasteiger partial charge on any atom is 0.418 e. The van der Waals surface area contributed by atoms with Gasteiger partial charge in [-0.05, 0) is 31.7 Å². The van der Waals surface area contributed by atoms with Crippen LogP contribution in [0.3, 0.4) is 0 Å². The van der Waals surface area contributed by atoms with Crippen molar-refractivity contribution < 1.29 is 18.1 Å². The number of benzene rings is 1. The van der Waals surface area contributed by atoms with Gasteiger partial charge in [0.25, 0.3) is 5.69 Å². The van der Waals surface area contributed by atoms with Crippen LogP contribution in [0, 0.1) is 10.1 Å². The Morgan fingerprint density at radius 1 is 1.17 bits per heavy atom. The first-order chi connectivity index (χ1) is 11.3. The third-order valence-electron chi connectivity index (χ3n) is 4.45. The van der Waals surface area contributed by atoms with E-state index in [0.29, 0.717) is 31.2 Å². The predicted molar refractivity (Wildman–Crippen MR) is 84.5 cm³/mol. The summed E-state index contributed by atoms with van der Waals surface area (Å²) in [5.41, 5.74) is -1.58. The minimum absolute atomic E-state index is 0.155. The van der Waals surface area contributed by atoms with Crippen LogP contribution in [0.4, 0.5) is 24.5 Å². The molecular weight excluding hydrogens is 347 g/mol. The van der Waals surface area contributed by atoms with Crippen molar-refractivity contribution in [2.24, 2.45) is 0 Å². The first-order valence-corrected chi connectivity index (χ1v) is 8.19. The maximum atomic E-state index is 12.9. The van der Waals surface area contributed by atoms with Gasteiger partial charge in [0.15, 0.2) is 0 Å². The molecule has 2 fully saturated rings. The maximum absolute atomic E-state index is 12.9. The molecule has 0 unspecified atom stereocenters. The lowest BCUT2D eigenvalue weighted by molar-refractivity contribution is -0.384. The predicted octanol–water partition coefficient (Wildman–Crippen LogP) is 3.99. The van der Waals surface area contributed by atoms with Gasteiger partial charge in [0.1, 0.15) is 5.69 Å². The molecule has 0 aromatic heterocycles. The largest absolute Gasteiger partial charge is 0.418 e. The van der Waals surface area contributed by atoms with E-state index in [0.717, 1.165) is 18.9 Å². The molecular formula is C15H17ClF3N3O2. The number of alkyl halides is 3. The van der Waals surface area contributed by atoms with Gasteiger partial charge in [-0.15, -0.1) is 0 Å². The van der Waals surface area contributed by atoms with E-state index in [9.17, 15) is 23.3 Å². The molecule has 3 rings (SSSR count). The second kappa shape index (κ2) is 6.40. The number of anilines is 1.